The molecule has 14 heavy (non-hydrogen) atoms. The van der Waals surface area contributed by atoms with Gasteiger partial charge in [-0.15, -0.1) is 0 Å². The molecule has 0 aliphatic heterocycles. The number of esters is 1. The Labute approximate surface area is 83.9 Å². The lowest BCUT2D eigenvalue weighted by molar-refractivity contribution is -0.158. The number of carbonyl (C=O) groups excluding carboxylic acids is 2. The Hall–Kier alpha value is -1.37. The van der Waals surface area contributed by atoms with Crippen molar-refractivity contribution in [3.63, 3.8) is 0 Å². The van der Waals surface area contributed by atoms with Crippen molar-refractivity contribution in [2.75, 3.05) is 6.61 Å². The first kappa shape index (κ1) is 12.6. The van der Waals surface area contributed by atoms with Gasteiger partial charge in [0.25, 0.3) is 0 Å². The van der Waals surface area contributed by atoms with Gasteiger partial charge in [-0.25, -0.2) is 0 Å². The first-order chi connectivity index (χ1) is 6.49. The summed E-state index contributed by atoms with van der Waals surface area (Å²) < 4.78 is 4.80. The molecule has 0 aromatic heterocycles. The van der Waals surface area contributed by atoms with Crippen LogP contribution in [0.15, 0.2) is 0 Å². The highest BCUT2D eigenvalue weighted by Gasteiger charge is 2.39. The number of Topliss-reactive ketones (excluding diaryl/α,β-unsaturated/α-hetero) is 1. The maximum absolute atomic E-state index is 11.5. The minimum atomic E-state index is -1.16. The number of nitriles is 1. The number of nitrogens with zero attached hydrogens (tertiary/aromatic N) is 1. The van der Waals surface area contributed by atoms with Crippen LogP contribution in [0.2, 0.25) is 0 Å². The molecule has 78 valence electrons. The molecule has 0 heterocycles. The summed E-state index contributed by atoms with van der Waals surface area (Å²) in [5, 5.41) is 8.41. The van der Waals surface area contributed by atoms with Crippen LogP contribution in [0, 0.1) is 16.7 Å². The van der Waals surface area contributed by atoms with Gasteiger partial charge in [0.2, 0.25) is 0 Å². The van der Waals surface area contributed by atoms with Crippen molar-refractivity contribution in [3.05, 3.63) is 0 Å². The number of ketones is 1. The third-order valence-corrected chi connectivity index (χ3v) is 2.24. The van der Waals surface area contributed by atoms with Gasteiger partial charge in [0.1, 0.15) is 11.2 Å². The number of hydrogen-bond donors (Lipinski definition) is 0. The predicted octanol–water partition coefficient (Wildman–Crippen LogP) is 1.45. The average Bonchev–Trinajstić information content (AvgIpc) is 2.14. The molecule has 0 aliphatic rings. The number of carbonyl (C=O) groups is 2. The molecule has 0 rings (SSSR count). The molecule has 4 heteroatoms. The zero-order chi connectivity index (χ0) is 11.2. The molecule has 0 aliphatic carbocycles. The van der Waals surface area contributed by atoms with E-state index in [0.717, 1.165) is 0 Å². The SMILES string of the molecule is CCOC(=O)C(C)(CCC#N)C(C)=O. The fraction of sp³-hybridized carbons (Fsp3) is 0.700. The first-order valence-corrected chi connectivity index (χ1v) is 4.54. The second-order valence-corrected chi connectivity index (χ2v) is 3.27. The van der Waals surface area contributed by atoms with E-state index in [9.17, 15) is 9.59 Å². The third kappa shape index (κ3) is 2.84. The Bertz CT molecular complexity index is 267. The number of hydrogen-bond acceptors (Lipinski definition) is 4. The van der Waals surface area contributed by atoms with E-state index >= 15 is 0 Å². The van der Waals surface area contributed by atoms with Crippen molar-refractivity contribution in [1.82, 2.24) is 0 Å². The van der Waals surface area contributed by atoms with Crippen LogP contribution in [-0.2, 0) is 14.3 Å². The van der Waals surface area contributed by atoms with Crippen LogP contribution in [0.4, 0.5) is 0 Å². The van der Waals surface area contributed by atoms with Crippen LogP contribution in [0.25, 0.3) is 0 Å². The minimum absolute atomic E-state index is 0.175. The van der Waals surface area contributed by atoms with Crippen LogP contribution < -0.4 is 0 Å². The van der Waals surface area contributed by atoms with E-state index in [0.29, 0.717) is 0 Å². The zero-order valence-electron chi connectivity index (χ0n) is 8.79. The molecule has 0 saturated heterocycles. The van der Waals surface area contributed by atoms with Gasteiger partial charge in [0.15, 0.2) is 0 Å². The maximum Gasteiger partial charge on any atom is 0.319 e. The van der Waals surface area contributed by atoms with Crippen LogP contribution in [0.5, 0.6) is 0 Å². The van der Waals surface area contributed by atoms with Gasteiger partial charge in [-0.3, -0.25) is 9.59 Å². The van der Waals surface area contributed by atoms with Crippen LogP contribution in [-0.4, -0.2) is 18.4 Å². The highest BCUT2D eigenvalue weighted by molar-refractivity contribution is 6.02. The topological polar surface area (TPSA) is 67.2 Å². The number of rotatable bonds is 5. The summed E-state index contributed by atoms with van der Waals surface area (Å²) >= 11 is 0. The predicted molar refractivity (Wildman–Crippen MR) is 50.3 cm³/mol. The molecule has 0 radical (unpaired) electrons. The van der Waals surface area contributed by atoms with E-state index in [1.807, 2.05) is 6.07 Å². The Kier molecular flexibility index (Phi) is 4.85. The van der Waals surface area contributed by atoms with Crippen LogP contribution in [0.1, 0.15) is 33.6 Å². The zero-order valence-corrected chi connectivity index (χ0v) is 8.79. The molecule has 0 bridgehead atoms. The Morgan fingerprint density at radius 3 is 2.43 bits per heavy atom. The first-order valence-electron chi connectivity index (χ1n) is 4.54. The molecule has 0 amide bonds. The molecule has 0 fully saturated rings. The quantitative estimate of drug-likeness (QED) is 0.494. The average molecular weight is 197 g/mol. The summed E-state index contributed by atoms with van der Waals surface area (Å²) in [6, 6.07) is 1.92. The molecule has 0 aromatic rings. The maximum atomic E-state index is 11.5. The van der Waals surface area contributed by atoms with E-state index in [1.165, 1.54) is 13.8 Å². The second kappa shape index (κ2) is 5.38. The van der Waals surface area contributed by atoms with E-state index in [2.05, 4.69) is 0 Å². The summed E-state index contributed by atoms with van der Waals surface area (Å²) in [4.78, 5) is 22.7. The molecular weight excluding hydrogens is 182 g/mol. The van der Waals surface area contributed by atoms with Crippen molar-refractivity contribution in [2.24, 2.45) is 5.41 Å². The normalized spacial score (nSPS) is 13.9. The van der Waals surface area contributed by atoms with Gasteiger partial charge < -0.3 is 4.74 Å². The third-order valence-electron chi connectivity index (χ3n) is 2.24. The minimum Gasteiger partial charge on any atom is -0.465 e. The molecular formula is C10H15NO3. The lowest BCUT2D eigenvalue weighted by Crippen LogP contribution is -2.36. The second-order valence-electron chi connectivity index (χ2n) is 3.27. The van der Waals surface area contributed by atoms with Crippen LogP contribution in [0.3, 0.4) is 0 Å². The largest absolute Gasteiger partial charge is 0.465 e. The summed E-state index contributed by atoms with van der Waals surface area (Å²) in [5.74, 6) is -0.797. The Morgan fingerprint density at radius 1 is 1.50 bits per heavy atom. The molecule has 1 atom stereocenters. The highest BCUT2D eigenvalue weighted by atomic mass is 16.5. The van der Waals surface area contributed by atoms with Gasteiger partial charge in [-0.05, 0) is 27.2 Å². The van der Waals surface area contributed by atoms with Crippen molar-refractivity contribution in [3.8, 4) is 6.07 Å². The van der Waals surface area contributed by atoms with E-state index in [-0.39, 0.29) is 25.2 Å². The van der Waals surface area contributed by atoms with Gasteiger partial charge in [-0.1, -0.05) is 0 Å². The molecule has 0 aromatic carbocycles. The van der Waals surface area contributed by atoms with Gasteiger partial charge in [-0.2, -0.15) is 5.26 Å². The van der Waals surface area contributed by atoms with Gasteiger partial charge in [0, 0.05) is 6.42 Å². The fourth-order valence-electron chi connectivity index (χ4n) is 1.02. The monoisotopic (exact) mass is 197 g/mol. The van der Waals surface area contributed by atoms with Gasteiger partial charge >= 0.3 is 5.97 Å². The Balaban J connectivity index is 4.63. The molecule has 0 saturated carbocycles. The lowest BCUT2D eigenvalue weighted by Gasteiger charge is -2.22. The smallest absolute Gasteiger partial charge is 0.319 e. The van der Waals surface area contributed by atoms with Crippen molar-refractivity contribution in [2.45, 2.75) is 33.6 Å². The standard InChI is InChI=1S/C10H15NO3/c1-4-14-9(13)10(3,8(2)12)6-5-7-11/h4-6H2,1-3H3. The van der Waals surface area contributed by atoms with Crippen molar-refractivity contribution < 1.29 is 14.3 Å². The molecule has 1 unspecified atom stereocenters. The van der Waals surface area contributed by atoms with E-state index in [4.69, 9.17) is 10.00 Å². The Morgan fingerprint density at radius 2 is 2.07 bits per heavy atom. The van der Waals surface area contributed by atoms with E-state index in [1.54, 1.807) is 6.92 Å². The van der Waals surface area contributed by atoms with Crippen LogP contribution >= 0.6 is 0 Å². The summed E-state index contributed by atoms with van der Waals surface area (Å²) in [6.45, 7) is 4.79. The summed E-state index contributed by atoms with van der Waals surface area (Å²) in [7, 11) is 0. The highest BCUT2D eigenvalue weighted by Crippen LogP contribution is 2.26. The number of ether oxygens (including phenoxy) is 1. The molecule has 4 nitrogen and oxygen atoms in total. The summed E-state index contributed by atoms with van der Waals surface area (Å²) in [5.41, 5.74) is -1.16. The molecule has 0 spiro atoms. The van der Waals surface area contributed by atoms with Crippen molar-refractivity contribution >= 4 is 11.8 Å². The van der Waals surface area contributed by atoms with E-state index < -0.39 is 11.4 Å². The summed E-state index contributed by atoms with van der Waals surface area (Å²) in [6.07, 6.45) is 0.395. The van der Waals surface area contributed by atoms with Crippen molar-refractivity contribution in [1.29, 1.82) is 5.26 Å². The fourth-order valence-corrected chi connectivity index (χ4v) is 1.02. The lowest BCUT2D eigenvalue weighted by atomic mass is 9.82. The van der Waals surface area contributed by atoms with Gasteiger partial charge in [0.05, 0.1) is 12.7 Å². The molecule has 0 N–H and O–H groups in total.